The minimum absolute atomic E-state index is 0.0584. The molecule has 1 aliphatic carbocycles. The fourth-order valence-electron chi connectivity index (χ4n) is 2.63. The monoisotopic (exact) mass is 273 g/mol. The first-order chi connectivity index (χ1) is 8.23. The molecule has 18 heavy (non-hydrogen) atoms. The van der Waals surface area contributed by atoms with Crippen molar-refractivity contribution in [2.24, 2.45) is 5.41 Å². The molecule has 5 heteroatoms. The van der Waals surface area contributed by atoms with Gasteiger partial charge in [-0.3, -0.25) is 4.79 Å². The van der Waals surface area contributed by atoms with Gasteiger partial charge in [0.25, 0.3) is 0 Å². The van der Waals surface area contributed by atoms with Gasteiger partial charge in [-0.05, 0) is 33.6 Å². The number of nitrogens with zero attached hydrogens (tertiary/aromatic N) is 1. The number of piperidine rings is 1. The van der Waals surface area contributed by atoms with Gasteiger partial charge in [-0.15, -0.1) is 11.6 Å². The molecule has 4 nitrogen and oxygen atoms in total. The molecule has 1 spiro atoms. The Morgan fingerprint density at radius 1 is 1.39 bits per heavy atom. The molecule has 0 aromatic carbocycles. The first-order valence-corrected chi connectivity index (χ1v) is 6.82. The van der Waals surface area contributed by atoms with Crippen LogP contribution in [0.1, 0.15) is 40.0 Å². The van der Waals surface area contributed by atoms with E-state index < -0.39 is 5.60 Å². The van der Waals surface area contributed by atoms with E-state index in [0.29, 0.717) is 19.5 Å². The number of rotatable bonds is 0. The van der Waals surface area contributed by atoms with Gasteiger partial charge >= 0.3 is 6.09 Å². The van der Waals surface area contributed by atoms with Crippen molar-refractivity contribution in [2.45, 2.75) is 51.0 Å². The standard InChI is InChI=1S/C13H20ClNO3/c1-12(2,3)18-11(17)15-6-4-13(5-7-15)8-9(16)10(13)14/h10H,4-8H2,1-3H3. The van der Waals surface area contributed by atoms with Gasteiger partial charge in [-0.25, -0.2) is 4.79 Å². The van der Waals surface area contributed by atoms with Crippen LogP contribution in [0.3, 0.4) is 0 Å². The van der Waals surface area contributed by atoms with E-state index in [1.165, 1.54) is 0 Å². The van der Waals surface area contributed by atoms with Gasteiger partial charge in [0.15, 0.2) is 5.78 Å². The predicted molar refractivity (Wildman–Crippen MR) is 68.7 cm³/mol. The number of ketones is 1. The lowest BCUT2D eigenvalue weighted by Crippen LogP contribution is -2.56. The maximum atomic E-state index is 11.9. The summed E-state index contributed by atoms with van der Waals surface area (Å²) >= 11 is 6.08. The van der Waals surface area contributed by atoms with Crippen LogP contribution in [0.25, 0.3) is 0 Å². The van der Waals surface area contributed by atoms with Crippen LogP contribution < -0.4 is 0 Å². The minimum atomic E-state index is -0.465. The van der Waals surface area contributed by atoms with Gasteiger partial charge < -0.3 is 9.64 Å². The highest BCUT2D eigenvalue weighted by molar-refractivity contribution is 6.34. The number of hydrogen-bond acceptors (Lipinski definition) is 3. The smallest absolute Gasteiger partial charge is 0.410 e. The summed E-state index contributed by atoms with van der Waals surface area (Å²) < 4.78 is 5.33. The molecule has 0 bridgehead atoms. The largest absolute Gasteiger partial charge is 0.444 e. The molecule has 1 amide bonds. The third kappa shape index (κ3) is 2.48. The van der Waals surface area contributed by atoms with Gasteiger partial charge in [0.2, 0.25) is 0 Å². The highest BCUT2D eigenvalue weighted by Gasteiger charge is 2.53. The number of ether oxygens (including phenoxy) is 1. The summed E-state index contributed by atoms with van der Waals surface area (Å²) in [5.41, 5.74) is -0.523. The first kappa shape index (κ1) is 13.7. The molecule has 0 aromatic heterocycles. The molecule has 2 aliphatic rings. The third-order valence-electron chi connectivity index (χ3n) is 3.76. The Labute approximate surface area is 113 Å². The molecule has 2 rings (SSSR count). The second-order valence-corrected chi connectivity index (χ2v) is 6.77. The van der Waals surface area contributed by atoms with Crippen molar-refractivity contribution in [2.75, 3.05) is 13.1 Å². The van der Waals surface area contributed by atoms with Crippen LogP contribution in [0.5, 0.6) is 0 Å². The normalized spacial score (nSPS) is 27.0. The SMILES string of the molecule is CC(C)(C)OC(=O)N1CCC2(CC1)CC(=O)C2Cl. The van der Waals surface area contributed by atoms with E-state index in [1.54, 1.807) is 4.90 Å². The number of hydrogen-bond donors (Lipinski definition) is 0. The average Bonchev–Trinajstić information content (AvgIpc) is 2.27. The third-order valence-corrected chi connectivity index (χ3v) is 4.46. The van der Waals surface area contributed by atoms with Crippen molar-refractivity contribution in [3.05, 3.63) is 0 Å². The first-order valence-electron chi connectivity index (χ1n) is 6.38. The zero-order valence-electron chi connectivity index (χ0n) is 11.2. The Morgan fingerprint density at radius 3 is 2.33 bits per heavy atom. The molecule has 1 saturated carbocycles. The summed E-state index contributed by atoms with van der Waals surface area (Å²) in [6.45, 7) is 6.83. The summed E-state index contributed by atoms with van der Waals surface area (Å²) in [5.74, 6) is 0.141. The second kappa shape index (κ2) is 4.41. The van der Waals surface area contributed by atoms with Crippen molar-refractivity contribution in [1.82, 2.24) is 4.90 Å². The Kier molecular flexibility index (Phi) is 3.34. The molecule has 1 unspecified atom stereocenters. The lowest BCUT2D eigenvalue weighted by Gasteiger charge is -2.49. The molecular weight excluding hydrogens is 254 g/mol. The number of Topliss-reactive ketones (excluding diaryl/α,β-unsaturated/α-hetero) is 1. The summed E-state index contributed by atoms with van der Waals surface area (Å²) in [4.78, 5) is 24.9. The second-order valence-electron chi connectivity index (χ2n) is 6.34. The van der Waals surface area contributed by atoms with Crippen molar-refractivity contribution in [3.63, 3.8) is 0 Å². The van der Waals surface area contributed by atoms with Crippen LogP contribution in [0.2, 0.25) is 0 Å². The van der Waals surface area contributed by atoms with Crippen LogP contribution in [-0.4, -0.2) is 40.8 Å². The Bertz CT molecular complexity index is 367. The van der Waals surface area contributed by atoms with E-state index in [0.717, 1.165) is 12.8 Å². The van der Waals surface area contributed by atoms with E-state index >= 15 is 0 Å². The summed E-state index contributed by atoms with van der Waals surface area (Å²) in [6, 6.07) is 0. The highest BCUT2D eigenvalue weighted by atomic mass is 35.5. The van der Waals surface area contributed by atoms with E-state index in [9.17, 15) is 9.59 Å². The molecule has 2 fully saturated rings. The van der Waals surface area contributed by atoms with Gasteiger partial charge in [0.1, 0.15) is 5.60 Å². The molecular formula is C13H20ClNO3. The molecule has 0 aromatic rings. The van der Waals surface area contributed by atoms with Crippen molar-refractivity contribution in [3.8, 4) is 0 Å². The Balaban J connectivity index is 1.88. The minimum Gasteiger partial charge on any atom is -0.444 e. The van der Waals surface area contributed by atoms with Crippen molar-refractivity contribution in [1.29, 1.82) is 0 Å². The molecule has 102 valence electrons. The Hall–Kier alpha value is -0.770. The summed E-state index contributed by atoms with van der Waals surface area (Å²) in [5, 5.41) is -0.349. The van der Waals surface area contributed by atoms with E-state index in [4.69, 9.17) is 16.3 Å². The number of amides is 1. The zero-order chi connectivity index (χ0) is 13.6. The number of carbonyl (C=O) groups excluding carboxylic acids is 2. The molecule has 1 aliphatic heterocycles. The van der Waals surface area contributed by atoms with Crippen molar-refractivity contribution >= 4 is 23.5 Å². The molecule has 1 saturated heterocycles. The van der Waals surface area contributed by atoms with Crippen LogP contribution in [0.15, 0.2) is 0 Å². The molecule has 0 radical (unpaired) electrons. The van der Waals surface area contributed by atoms with Crippen LogP contribution in [0.4, 0.5) is 4.79 Å². The number of likely N-dealkylation sites (tertiary alicyclic amines) is 1. The summed E-state index contributed by atoms with van der Waals surface area (Å²) in [6.07, 6.45) is 1.90. The molecule has 1 atom stereocenters. The van der Waals surface area contributed by atoms with E-state index in [-0.39, 0.29) is 22.7 Å². The number of halogens is 1. The lowest BCUT2D eigenvalue weighted by atomic mass is 9.62. The topological polar surface area (TPSA) is 46.6 Å². The van der Waals surface area contributed by atoms with Crippen LogP contribution in [0, 0.1) is 5.41 Å². The number of alkyl halides is 1. The summed E-state index contributed by atoms with van der Waals surface area (Å²) in [7, 11) is 0. The predicted octanol–water partition coefficient (Wildman–Crippen LogP) is 2.58. The molecule has 1 heterocycles. The quantitative estimate of drug-likeness (QED) is 0.637. The molecule has 0 N–H and O–H groups in total. The van der Waals surface area contributed by atoms with Gasteiger partial charge in [0.05, 0.1) is 5.38 Å². The van der Waals surface area contributed by atoms with E-state index in [2.05, 4.69) is 0 Å². The highest BCUT2D eigenvalue weighted by Crippen LogP contribution is 2.49. The fraction of sp³-hybridized carbons (Fsp3) is 0.846. The average molecular weight is 274 g/mol. The number of carbonyl (C=O) groups is 2. The van der Waals surface area contributed by atoms with Crippen molar-refractivity contribution < 1.29 is 14.3 Å². The maximum absolute atomic E-state index is 11.9. The zero-order valence-corrected chi connectivity index (χ0v) is 11.9. The van der Waals surface area contributed by atoms with Crippen LogP contribution >= 0.6 is 11.6 Å². The van der Waals surface area contributed by atoms with Gasteiger partial charge in [-0.2, -0.15) is 0 Å². The fourth-order valence-corrected chi connectivity index (χ4v) is 3.00. The lowest BCUT2D eigenvalue weighted by molar-refractivity contribution is -0.134. The maximum Gasteiger partial charge on any atom is 0.410 e. The van der Waals surface area contributed by atoms with Gasteiger partial charge in [0, 0.05) is 24.9 Å². The van der Waals surface area contributed by atoms with E-state index in [1.807, 2.05) is 20.8 Å². The Morgan fingerprint density at radius 2 is 1.94 bits per heavy atom. The van der Waals surface area contributed by atoms with Gasteiger partial charge in [-0.1, -0.05) is 0 Å². The van der Waals surface area contributed by atoms with Crippen LogP contribution in [-0.2, 0) is 9.53 Å².